The zero-order chi connectivity index (χ0) is 5.28. The van der Waals surface area contributed by atoms with Gasteiger partial charge in [0.1, 0.15) is 0 Å². The van der Waals surface area contributed by atoms with Crippen molar-refractivity contribution in [1.29, 1.82) is 0 Å². The first kappa shape index (κ1) is 4.93. The minimum absolute atomic E-state index is 0.0231. The third kappa shape index (κ3) is 1.07. The zero-order valence-electron chi connectivity index (χ0n) is 3.68. The van der Waals surface area contributed by atoms with E-state index in [1.807, 2.05) is 0 Å². The van der Waals surface area contributed by atoms with Gasteiger partial charge in [-0.25, -0.2) is 0 Å². The van der Waals surface area contributed by atoms with Crippen LogP contribution in [0.15, 0.2) is 0 Å². The highest BCUT2D eigenvalue weighted by molar-refractivity contribution is 7.77. The maximum atomic E-state index is 10.2. The van der Waals surface area contributed by atoms with E-state index in [0.717, 1.165) is 0 Å². The lowest BCUT2D eigenvalue weighted by atomic mass is 10.5. The SMILES string of the molecule is O=C1CCN([S])N1. The quantitative estimate of drug-likeness (QED) is 0.478. The Morgan fingerprint density at radius 3 is 2.71 bits per heavy atom. The van der Waals surface area contributed by atoms with Gasteiger partial charge in [0.25, 0.3) is 0 Å². The molecule has 0 bridgehead atoms. The Morgan fingerprint density at radius 2 is 2.57 bits per heavy atom. The molecule has 1 amide bonds. The minimum atomic E-state index is 0.0231. The highest BCUT2D eigenvalue weighted by atomic mass is 32.1. The van der Waals surface area contributed by atoms with E-state index >= 15 is 0 Å². The summed E-state index contributed by atoms with van der Waals surface area (Å²) in [6, 6.07) is 0. The van der Waals surface area contributed by atoms with Gasteiger partial charge in [-0.3, -0.25) is 10.2 Å². The Balaban J connectivity index is 2.40. The van der Waals surface area contributed by atoms with Gasteiger partial charge in [-0.2, -0.15) is 4.41 Å². The van der Waals surface area contributed by atoms with Crippen molar-refractivity contribution in [2.75, 3.05) is 6.54 Å². The molecule has 7 heavy (non-hydrogen) atoms. The maximum absolute atomic E-state index is 10.2. The number of rotatable bonds is 0. The lowest BCUT2D eigenvalue weighted by Gasteiger charge is -1.99. The van der Waals surface area contributed by atoms with Crippen LogP contribution in [0.5, 0.6) is 0 Å². The second-order valence-corrected chi connectivity index (χ2v) is 1.83. The molecular formula is C3H5N2OS. The summed E-state index contributed by atoms with van der Waals surface area (Å²) in [6.45, 7) is 0.661. The zero-order valence-corrected chi connectivity index (χ0v) is 4.49. The topological polar surface area (TPSA) is 32.3 Å². The van der Waals surface area contributed by atoms with Crippen molar-refractivity contribution in [2.24, 2.45) is 0 Å². The van der Waals surface area contributed by atoms with E-state index < -0.39 is 0 Å². The molecule has 0 spiro atoms. The van der Waals surface area contributed by atoms with Crippen LogP contribution in [0.25, 0.3) is 0 Å². The number of nitrogens with zero attached hydrogens (tertiary/aromatic N) is 1. The summed E-state index contributed by atoms with van der Waals surface area (Å²) in [5.74, 6) is 0.0231. The van der Waals surface area contributed by atoms with Gasteiger partial charge in [0.05, 0.1) is 0 Å². The Bertz CT molecular complexity index is 94.9. The Hall–Kier alpha value is -0.220. The molecule has 3 nitrogen and oxygen atoms in total. The summed E-state index contributed by atoms with van der Waals surface area (Å²) < 4.78 is 1.36. The molecule has 1 radical (unpaired) electrons. The van der Waals surface area contributed by atoms with Crippen LogP contribution in [0.3, 0.4) is 0 Å². The summed E-state index contributed by atoms with van der Waals surface area (Å²) in [7, 11) is 0. The summed E-state index contributed by atoms with van der Waals surface area (Å²) in [5, 5.41) is 0. The smallest absolute Gasteiger partial charge is 0.236 e. The van der Waals surface area contributed by atoms with Crippen molar-refractivity contribution in [1.82, 2.24) is 9.84 Å². The second kappa shape index (κ2) is 1.71. The number of carbonyl (C=O) groups excluding carboxylic acids is 1. The van der Waals surface area contributed by atoms with E-state index in [1.165, 1.54) is 4.41 Å². The first-order valence-electron chi connectivity index (χ1n) is 2.03. The van der Waals surface area contributed by atoms with Crippen molar-refractivity contribution >= 4 is 18.7 Å². The molecule has 0 atom stereocenters. The van der Waals surface area contributed by atoms with Crippen LogP contribution >= 0.6 is 12.8 Å². The molecule has 0 saturated carbocycles. The minimum Gasteiger partial charge on any atom is -0.278 e. The molecule has 0 aromatic rings. The predicted octanol–water partition coefficient (Wildman–Crippen LogP) is -0.164. The first-order chi connectivity index (χ1) is 3.29. The van der Waals surface area contributed by atoms with E-state index in [2.05, 4.69) is 18.2 Å². The van der Waals surface area contributed by atoms with Crippen LogP contribution in [-0.4, -0.2) is 16.9 Å². The summed E-state index contributed by atoms with van der Waals surface area (Å²) in [6.07, 6.45) is 0.545. The predicted molar refractivity (Wildman–Crippen MR) is 27.1 cm³/mol. The molecule has 1 aliphatic rings. The van der Waals surface area contributed by atoms with E-state index in [4.69, 9.17) is 0 Å². The van der Waals surface area contributed by atoms with Crippen molar-refractivity contribution in [3.05, 3.63) is 0 Å². The highest BCUT2D eigenvalue weighted by Gasteiger charge is 2.14. The molecule has 1 N–H and O–H groups in total. The summed E-state index contributed by atoms with van der Waals surface area (Å²) in [4.78, 5) is 10.2. The number of hydrogen-bond acceptors (Lipinski definition) is 2. The Kier molecular flexibility index (Phi) is 1.21. The molecule has 39 valence electrons. The Morgan fingerprint density at radius 1 is 1.86 bits per heavy atom. The van der Waals surface area contributed by atoms with E-state index in [9.17, 15) is 4.79 Å². The van der Waals surface area contributed by atoms with Gasteiger partial charge in [-0.1, -0.05) is 0 Å². The van der Waals surface area contributed by atoms with Gasteiger partial charge in [0.2, 0.25) is 5.91 Å². The number of hydrazine groups is 1. The molecule has 1 aliphatic heterocycles. The van der Waals surface area contributed by atoms with Gasteiger partial charge in [-0.05, 0) is 0 Å². The molecular weight excluding hydrogens is 112 g/mol. The fourth-order valence-corrected chi connectivity index (χ4v) is 0.647. The van der Waals surface area contributed by atoms with Gasteiger partial charge >= 0.3 is 0 Å². The third-order valence-electron chi connectivity index (χ3n) is 0.791. The number of carbonyl (C=O) groups is 1. The number of hydrogen-bond donors (Lipinski definition) is 1. The molecule has 1 heterocycles. The van der Waals surface area contributed by atoms with E-state index in [1.54, 1.807) is 0 Å². The normalized spacial score (nSPS) is 22.7. The number of nitrogens with one attached hydrogen (secondary N) is 1. The molecule has 1 saturated heterocycles. The summed E-state index contributed by atoms with van der Waals surface area (Å²) in [5.41, 5.74) is 2.43. The summed E-state index contributed by atoms with van der Waals surface area (Å²) >= 11 is 4.58. The van der Waals surface area contributed by atoms with Crippen molar-refractivity contribution < 1.29 is 4.79 Å². The fraction of sp³-hybridized carbons (Fsp3) is 0.667. The monoisotopic (exact) mass is 117 g/mol. The lowest BCUT2D eigenvalue weighted by Crippen LogP contribution is -2.23. The average Bonchev–Trinajstić information content (AvgIpc) is 1.87. The molecule has 0 aromatic carbocycles. The molecule has 0 unspecified atom stereocenters. The van der Waals surface area contributed by atoms with Crippen molar-refractivity contribution in [3.63, 3.8) is 0 Å². The average molecular weight is 117 g/mol. The third-order valence-corrected chi connectivity index (χ3v) is 1.07. The van der Waals surface area contributed by atoms with Gasteiger partial charge in [0, 0.05) is 25.8 Å². The molecule has 4 heteroatoms. The van der Waals surface area contributed by atoms with E-state index in [0.29, 0.717) is 13.0 Å². The van der Waals surface area contributed by atoms with Crippen molar-refractivity contribution in [3.8, 4) is 0 Å². The highest BCUT2D eigenvalue weighted by Crippen LogP contribution is 1.98. The van der Waals surface area contributed by atoms with Crippen LogP contribution in [0, 0.1) is 0 Å². The molecule has 0 aromatic heterocycles. The van der Waals surface area contributed by atoms with Crippen LogP contribution in [0.2, 0.25) is 0 Å². The van der Waals surface area contributed by atoms with Crippen LogP contribution in [0.4, 0.5) is 0 Å². The largest absolute Gasteiger partial charge is 0.278 e. The molecule has 0 aliphatic carbocycles. The fourth-order valence-electron chi connectivity index (χ4n) is 0.454. The van der Waals surface area contributed by atoms with Crippen LogP contribution in [0.1, 0.15) is 6.42 Å². The second-order valence-electron chi connectivity index (χ2n) is 1.39. The molecule has 1 fully saturated rings. The van der Waals surface area contributed by atoms with Gasteiger partial charge in [-0.15, -0.1) is 0 Å². The molecule has 1 rings (SSSR count). The number of amides is 1. The lowest BCUT2D eigenvalue weighted by molar-refractivity contribution is -0.120. The Labute approximate surface area is 47.2 Å². The van der Waals surface area contributed by atoms with Gasteiger partial charge < -0.3 is 0 Å². The standard InChI is InChI=1S/C3H5N2OS/c6-3-1-2-5(7)4-3/h1-2H2,(H,4,6). The van der Waals surface area contributed by atoms with Crippen molar-refractivity contribution in [2.45, 2.75) is 6.42 Å². The maximum Gasteiger partial charge on any atom is 0.236 e. The first-order valence-corrected chi connectivity index (χ1v) is 2.40. The van der Waals surface area contributed by atoms with Gasteiger partial charge in [0.15, 0.2) is 0 Å². The van der Waals surface area contributed by atoms with Crippen LogP contribution < -0.4 is 5.43 Å². The van der Waals surface area contributed by atoms with Crippen LogP contribution in [-0.2, 0) is 4.79 Å². The van der Waals surface area contributed by atoms with E-state index in [-0.39, 0.29) is 5.91 Å².